The maximum atomic E-state index is 12.3. The first-order valence-electron chi connectivity index (χ1n) is 6.17. The second-order valence-corrected chi connectivity index (χ2v) is 5.56. The van der Waals surface area contributed by atoms with E-state index in [4.69, 9.17) is 0 Å². The van der Waals surface area contributed by atoms with Crippen LogP contribution in [-0.4, -0.2) is 42.8 Å². The Hall–Kier alpha value is -1.20. The molecule has 0 aliphatic carbocycles. The normalized spacial score (nSPS) is 16.6. The number of ketones is 1. The fourth-order valence-corrected chi connectivity index (χ4v) is 3.09. The first-order valence-corrected chi connectivity index (χ1v) is 7.05. The van der Waals surface area contributed by atoms with Gasteiger partial charge in [-0.3, -0.25) is 9.59 Å². The van der Waals surface area contributed by atoms with Gasteiger partial charge in [-0.25, -0.2) is 0 Å². The highest BCUT2D eigenvalue weighted by Crippen LogP contribution is 2.20. The van der Waals surface area contributed by atoms with Gasteiger partial charge in [0.1, 0.15) is 0 Å². The first kappa shape index (κ1) is 13.2. The smallest absolute Gasteiger partial charge is 0.263 e. The molecule has 98 valence electrons. The molecule has 2 heterocycles. The summed E-state index contributed by atoms with van der Waals surface area (Å²) in [4.78, 5) is 26.0. The molecule has 1 amide bonds. The summed E-state index contributed by atoms with van der Waals surface area (Å²) in [6, 6.07) is 2.01. The van der Waals surface area contributed by atoms with Gasteiger partial charge in [-0.05, 0) is 38.9 Å². The van der Waals surface area contributed by atoms with Crippen LogP contribution in [0.5, 0.6) is 0 Å². The maximum Gasteiger partial charge on any atom is 0.263 e. The van der Waals surface area contributed by atoms with Crippen LogP contribution in [0.25, 0.3) is 0 Å². The van der Waals surface area contributed by atoms with E-state index in [2.05, 4.69) is 5.32 Å². The summed E-state index contributed by atoms with van der Waals surface area (Å²) in [6.07, 6.45) is 1.99. The molecule has 0 spiro atoms. The van der Waals surface area contributed by atoms with Crippen LogP contribution in [0.2, 0.25) is 0 Å². The fraction of sp³-hybridized carbons (Fsp3) is 0.538. The molecular formula is C13H18N2O2S. The van der Waals surface area contributed by atoms with Crippen LogP contribution < -0.4 is 5.32 Å². The van der Waals surface area contributed by atoms with E-state index in [1.54, 1.807) is 11.4 Å². The number of nitrogens with one attached hydrogen (secondary N) is 1. The molecule has 1 fully saturated rings. The summed E-state index contributed by atoms with van der Waals surface area (Å²) < 4.78 is 0. The zero-order valence-electron chi connectivity index (χ0n) is 10.7. The van der Waals surface area contributed by atoms with Crippen LogP contribution in [0, 0.1) is 0 Å². The van der Waals surface area contributed by atoms with E-state index in [1.165, 1.54) is 18.3 Å². The summed E-state index contributed by atoms with van der Waals surface area (Å²) in [5.74, 6) is 0.0363. The lowest BCUT2D eigenvalue weighted by Gasteiger charge is -2.31. The van der Waals surface area contributed by atoms with E-state index in [1.807, 2.05) is 11.9 Å². The van der Waals surface area contributed by atoms with Crippen LogP contribution in [0.3, 0.4) is 0 Å². The quantitative estimate of drug-likeness (QED) is 0.848. The molecule has 0 radical (unpaired) electrons. The van der Waals surface area contributed by atoms with Crippen molar-refractivity contribution in [3.05, 3.63) is 21.9 Å². The number of carbonyl (C=O) groups is 2. The van der Waals surface area contributed by atoms with Gasteiger partial charge < -0.3 is 10.2 Å². The van der Waals surface area contributed by atoms with Crippen molar-refractivity contribution in [2.24, 2.45) is 0 Å². The summed E-state index contributed by atoms with van der Waals surface area (Å²) in [6.45, 7) is 3.45. The lowest BCUT2D eigenvalue weighted by Crippen LogP contribution is -2.43. The number of nitrogens with zero attached hydrogens (tertiary/aromatic N) is 1. The van der Waals surface area contributed by atoms with E-state index in [9.17, 15) is 9.59 Å². The van der Waals surface area contributed by atoms with E-state index >= 15 is 0 Å². The number of carbonyl (C=O) groups excluding carboxylic acids is 2. The Balaban J connectivity index is 2.07. The topological polar surface area (TPSA) is 49.4 Å². The second-order valence-electron chi connectivity index (χ2n) is 4.65. The van der Waals surface area contributed by atoms with Gasteiger partial charge in [0, 0.05) is 24.0 Å². The van der Waals surface area contributed by atoms with Crippen LogP contribution in [0.4, 0.5) is 0 Å². The Morgan fingerprint density at radius 2 is 2.06 bits per heavy atom. The maximum absolute atomic E-state index is 12.3. The van der Waals surface area contributed by atoms with Crippen molar-refractivity contribution in [1.82, 2.24) is 10.2 Å². The first-order chi connectivity index (χ1) is 8.59. The molecule has 5 heteroatoms. The largest absolute Gasteiger partial charge is 0.338 e. The van der Waals surface area contributed by atoms with Crippen LogP contribution in [-0.2, 0) is 0 Å². The molecule has 1 aliphatic rings. The van der Waals surface area contributed by atoms with Crippen molar-refractivity contribution in [2.75, 3.05) is 20.1 Å². The van der Waals surface area contributed by atoms with Gasteiger partial charge >= 0.3 is 0 Å². The minimum Gasteiger partial charge on any atom is -0.338 e. The van der Waals surface area contributed by atoms with E-state index in [-0.39, 0.29) is 11.7 Å². The van der Waals surface area contributed by atoms with Crippen molar-refractivity contribution >= 4 is 23.0 Å². The molecule has 0 bridgehead atoms. The highest BCUT2D eigenvalue weighted by Gasteiger charge is 2.24. The van der Waals surface area contributed by atoms with E-state index in [0.717, 1.165) is 25.9 Å². The molecule has 1 aromatic rings. The molecule has 1 N–H and O–H groups in total. The number of hydrogen-bond donors (Lipinski definition) is 1. The third kappa shape index (κ3) is 2.79. The number of rotatable bonds is 3. The van der Waals surface area contributed by atoms with E-state index in [0.29, 0.717) is 16.5 Å². The summed E-state index contributed by atoms with van der Waals surface area (Å²) in [5, 5.41) is 5.04. The van der Waals surface area contributed by atoms with Gasteiger partial charge in [0.15, 0.2) is 5.78 Å². The third-order valence-corrected chi connectivity index (χ3v) is 4.31. The zero-order chi connectivity index (χ0) is 13.1. The van der Waals surface area contributed by atoms with E-state index < -0.39 is 0 Å². The predicted octanol–water partition coefficient (Wildman–Crippen LogP) is 1.77. The molecule has 4 nitrogen and oxygen atoms in total. The number of Topliss-reactive ketones (excluding diaryl/α,β-unsaturated/α-hetero) is 1. The van der Waals surface area contributed by atoms with Crippen molar-refractivity contribution < 1.29 is 9.59 Å². The standard InChI is InChI=1S/C13H18N2O2S/c1-9(16)10-7-12(18-8-10)13(17)15(2)11-3-5-14-6-4-11/h7-8,11,14H,3-6H2,1-2H3. The van der Waals surface area contributed by atoms with Crippen molar-refractivity contribution in [3.63, 3.8) is 0 Å². The number of thiophene rings is 1. The average molecular weight is 266 g/mol. The van der Waals surface area contributed by atoms with Crippen LogP contribution >= 0.6 is 11.3 Å². The molecule has 1 saturated heterocycles. The molecule has 18 heavy (non-hydrogen) atoms. The minimum absolute atomic E-state index is 0.00909. The summed E-state index contributed by atoms with van der Waals surface area (Å²) >= 11 is 1.35. The SMILES string of the molecule is CC(=O)c1csc(C(=O)N(C)C2CCNCC2)c1. The highest BCUT2D eigenvalue weighted by atomic mass is 32.1. The lowest BCUT2D eigenvalue weighted by atomic mass is 10.1. The second kappa shape index (κ2) is 5.63. The Morgan fingerprint density at radius 3 is 2.61 bits per heavy atom. The monoisotopic (exact) mass is 266 g/mol. The molecule has 2 rings (SSSR count). The Labute approximate surface area is 111 Å². The van der Waals surface area contributed by atoms with Gasteiger partial charge in [-0.1, -0.05) is 0 Å². The molecule has 1 aliphatic heterocycles. The van der Waals surface area contributed by atoms with Crippen molar-refractivity contribution in [3.8, 4) is 0 Å². The number of piperidine rings is 1. The van der Waals surface area contributed by atoms with Crippen molar-refractivity contribution in [1.29, 1.82) is 0 Å². The predicted molar refractivity (Wildman–Crippen MR) is 72.3 cm³/mol. The van der Waals surface area contributed by atoms with Gasteiger partial charge in [0.2, 0.25) is 0 Å². The number of amides is 1. The summed E-state index contributed by atoms with van der Waals surface area (Å²) in [5.41, 5.74) is 0.627. The molecular weight excluding hydrogens is 248 g/mol. The third-order valence-electron chi connectivity index (χ3n) is 3.39. The van der Waals surface area contributed by atoms with Gasteiger partial charge in [0.25, 0.3) is 5.91 Å². The molecule has 0 atom stereocenters. The van der Waals surface area contributed by atoms with Crippen LogP contribution in [0.1, 0.15) is 39.8 Å². The average Bonchev–Trinajstić information content (AvgIpc) is 2.88. The molecule has 0 aromatic carbocycles. The van der Waals surface area contributed by atoms with Gasteiger partial charge in [-0.2, -0.15) is 0 Å². The fourth-order valence-electron chi connectivity index (χ4n) is 2.17. The summed E-state index contributed by atoms with van der Waals surface area (Å²) in [7, 11) is 1.85. The zero-order valence-corrected chi connectivity index (χ0v) is 11.5. The van der Waals surface area contributed by atoms with Gasteiger partial charge in [0.05, 0.1) is 4.88 Å². The van der Waals surface area contributed by atoms with Crippen molar-refractivity contribution in [2.45, 2.75) is 25.8 Å². The molecule has 1 aromatic heterocycles. The highest BCUT2D eigenvalue weighted by molar-refractivity contribution is 7.12. The Morgan fingerprint density at radius 1 is 1.39 bits per heavy atom. The van der Waals surface area contributed by atoms with Gasteiger partial charge in [-0.15, -0.1) is 11.3 Å². The Kier molecular flexibility index (Phi) is 4.14. The van der Waals surface area contributed by atoms with Crippen LogP contribution in [0.15, 0.2) is 11.4 Å². The number of hydrogen-bond acceptors (Lipinski definition) is 4. The minimum atomic E-state index is 0.00909. The Bertz CT molecular complexity index is 450. The molecule has 0 saturated carbocycles. The molecule has 0 unspecified atom stereocenters. The lowest BCUT2D eigenvalue weighted by molar-refractivity contribution is 0.0708.